The molecule has 11 nitrogen and oxygen atoms in total. The van der Waals surface area contributed by atoms with Gasteiger partial charge >= 0.3 is 0 Å². The van der Waals surface area contributed by atoms with Crippen LogP contribution in [0.15, 0.2) is 75.8 Å². The van der Waals surface area contributed by atoms with Gasteiger partial charge in [-0.3, -0.25) is 14.8 Å². The molecule has 0 atom stereocenters. The Morgan fingerprint density at radius 1 is 1.08 bits per heavy atom. The average molecular weight is 571 g/mol. The Morgan fingerprint density at radius 3 is 2.37 bits per heavy atom. The average Bonchev–Trinajstić information content (AvgIpc) is 3.30. The summed E-state index contributed by atoms with van der Waals surface area (Å²) in [6, 6.07) is 15.5. The molecular weight excluding hydrogens is 555 g/mol. The monoisotopic (exact) mass is 570 g/mol. The minimum absolute atomic E-state index is 0.0338. The number of hydrogen-bond acceptors (Lipinski definition) is 9. The van der Waals surface area contributed by atoms with E-state index in [-0.39, 0.29) is 32.8 Å². The zero-order chi connectivity index (χ0) is 27.4. The number of sulfonamides is 1. The van der Waals surface area contributed by atoms with Crippen molar-refractivity contribution in [1.29, 1.82) is 5.26 Å². The number of rotatable bonds is 7. The van der Waals surface area contributed by atoms with Crippen molar-refractivity contribution < 1.29 is 22.8 Å². The fourth-order valence-corrected chi connectivity index (χ4v) is 4.68. The lowest BCUT2D eigenvalue weighted by Crippen LogP contribution is -2.19. The second-order valence-corrected chi connectivity index (χ2v) is 10.0. The highest BCUT2D eigenvalue weighted by atomic mass is 35.5. The first kappa shape index (κ1) is 26.6. The Hall–Kier alpha value is -4.44. The number of aryl methyl sites for hydroxylation is 1. The number of aliphatic hydroxyl groups excluding tert-OH is 1. The summed E-state index contributed by atoms with van der Waals surface area (Å²) in [7, 11) is -4.18. The zero-order valence-electron chi connectivity index (χ0n) is 19.3. The number of halogens is 2. The predicted octanol–water partition coefficient (Wildman–Crippen LogP) is 4.98. The Bertz CT molecular complexity index is 1700. The lowest BCUT2D eigenvalue weighted by atomic mass is 10.1. The standard InChI is InChI=1S/C24H16Cl2N6O5S/c1-13-18(12-28-37-13)20(33)17(11-27)23(34)31-24-29-21(26)19(14-5-3-2-4-6-14)22(30-24)32-38(35,36)16-9-7-15(25)8-10-16/h2-10,12,33H,1H3,(H2,29,30,31,32,34)/b20-17-. The molecule has 2 heterocycles. The van der Waals surface area contributed by atoms with Crippen molar-refractivity contribution in [3.63, 3.8) is 0 Å². The molecule has 2 aromatic carbocycles. The molecule has 1 amide bonds. The molecule has 2 aromatic heterocycles. The van der Waals surface area contributed by atoms with E-state index in [1.54, 1.807) is 36.4 Å². The van der Waals surface area contributed by atoms with Crippen LogP contribution in [0.1, 0.15) is 11.3 Å². The number of aromatic nitrogens is 3. The van der Waals surface area contributed by atoms with Crippen molar-refractivity contribution in [3.05, 3.63) is 87.9 Å². The van der Waals surface area contributed by atoms with Gasteiger partial charge in [0.05, 0.1) is 22.2 Å². The van der Waals surface area contributed by atoms with Gasteiger partial charge in [-0.15, -0.1) is 0 Å². The SMILES string of the molecule is Cc1oncc1/C(O)=C(\C#N)C(=O)Nc1nc(Cl)c(-c2ccccc2)c(NS(=O)(=O)c2ccc(Cl)cc2)n1. The molecule has 0 fully saturated rings. The molecule has 4 rings (SSSR count). The van der Waals surface area contributed by atoms with Gasteiger partial charge in [-0.2, -0.15) is 15.2 Å². The first-order chi connectivity index (χ1) is 18.1. The Labute approximate surface area is 226 Å². The van der Waals surface area contributed by atoms with Gasteiger partial charge < -0.3 is 9.63 Å². The largest absolute Gasteiger partial charge is 0.506 e. The van der Waals surface area contributed by atoms with Gasteiger partial charge in [0.25, 0.3) is 15.9 Å². The molecule has 0 saturated heterocycles. The smallest absolute Gasteiger partial charge is 0.272 e. The fourth-order valence-electron chi connectivity index (χ4n) is 3.26. The number of aliphatic hydroxyl groups is 1. The van der Waals surface area contributed by atoms with E-state index < -0.39 is 33.2 Å². The topological polar surface area (TPSA) is 171 Å². The van der Waals surface area contributed by atoms with Gasteiger partial charge in [0.2, 0.25) is 5.95 Å². The van der Waals surface area contributed by atoms with Crippen molar-refractivity contribution in [2.45, 2.75) is 11.8 Å². The number of amides is 1. The number of nitriles is 1. The van der Waals surface area contributed by atoms with E-state index in [4.69, 9.17) is 27.7 Å². The van der Waals surface area contributed by atoms with Crippen molar-refractivity contribution in [2.75, 3.05) is 10.0 Å². The molecular formula is C24H16Cl2N6O5S. The minimum Gasteiger partial charge on any atom is -0.506 e. The number of benzene rings is 2. The van der Waals surface area contributed by atoms with Crippen LogP contribution in [0.2, 0.25) is 10.2 Å². The third-order valence-corrected chi connectivity index (χ3v) is 6.97. The Balaban J connectivity index is 1.77. The fraction of sp³-hybridized carbons (Fsp3) is 0.0417. The van der Waals surface area contributed by atoms with Crippen molar-refractivity contribution in [2.24, 2.45) is 0 Å². The molecule has 0 aliphatic heterocycles. The van der Waals surface area contributed by atoms with Gasteiger partial charge in [-0.05, 0) is 36.8 Å². The highest BCUT2D eigenvalue weighted by molar-refractivity contribution is 7.92. The predicted molar refractivity (Wildman–Crippen MR) is 140 cm³/mol. The summed E-state index contributed by atoms with van der Waals surface area (Å²) in [4.78, 5) is 20.9. The molecule has 0 spiro atoms. The number of hydrogen-bond donors (Lipinski definition) is 3. The molecule has 0 aliphatic carbocycles. The second-order valence-electron chi connectivity index (χ2n) is 7.57. The highest BCUT2D eigenvalue weighted by Gasteiger charge is 2.24. The van der Waals surface area contributed by atoms with E-state index in [0.29, 0.717) is 10.6 Å². The van der Waals surface area contributed by atoms with Gasteiger partial charge in [0.15, 0.2) is 17.2 Å². The van der Waals surface area contributed by atoms with Gasteiger partial charge in [-0.25, -0.2) is 8.42 Å². The summed E-state index contributed by atoms with van der Waals surface area (Å²) in [6.07, 6.45) is 1.14. The van der Waals surface area contributed by atoms with Gasteiger partial charge in [0.1, 0.15) is 17.0 Å². The number of nitrogens with zero attached hydrogens (tertiary/aromatic N) is 4. The van der Waals surface area contributed by atoms with Crippen molar-refractivity contribution in [3.8, 4) is 17.2 Å². The molecule has 0 bridgehead atoms. The van der Waals surface area contributed by atoms with Crippen LogP contribution in [-0.2, 0) is 14.8 Å². The second kappa shape index (κ2) is 10.9. The first-order valence-corrected chi connectivity index (χ1v) is 12.8. The third-order valence-electron chi connectivity index (χ3n) is 5.09. The number of carbonyl (C=O) groups excluding carboxylic acids is 1. The minimum atomic E-state index is -4.18. The van der Waals surface area contributed by atoms with E-state index in [0.717, 1.165) is 6.20 Å². The molecule has 0 unspecified atom stereocenters. The molecule has 4 aromatic rings. The van der Waals surface area contributed by atoms with Gasteiger partial charge in [-0.1, -0.05) is 58.7 Å². The van der Waals surface area contributed by atoms with Crippen LogP contribution < -0.4 is 10.0 Å². The van der Waals surface area contributed by atoms with E-state index in [2.05, 4.69) is 25.2 Å². The van der Waals surface area contributed by atoms with Crippen LogP contribution in [0, 0.1) is 18.3 Å². The number of nitrogens with one attached hydrogen (secondary N) is 2. The normalized spacial score (nSPS) is 11.8. The van der Waals surface area contributed by atoms with Crippen LogP contribution in [-0.4, -0.2) is 34.6 Å². The van der Waals surface area contributed by atoms with E-state index >= 15 is 0 Å². The molecule has 0 aliphatic rings. The van der Waals surface area contributed by atoms with Crippen LogP contribution in [0.3, 0.4) is 0 Å². The highest BCUT2D eigenvalue weighted by Crippen LogP contribution is 2.35. The number of carbonyl (C=O) groups is 1. The first-order valence-electron chi connectivity index (χ1n) is 10.6. The Kier molecular flexibility index (Phi) is 7.63. The lowest BCUT2D eigenvalue weighted by Gasteiger charge is -2.15. The van der Waals surface area contributed by atoms with Crippen LogP contribution >= 0.6 is 23.2 Å². The van der Waals surface area contributed by atoms with E-state index in [1.165, 1.54) is 31.2 Å². The molecule has 0 radical (unpaired) electrons. The maximum absolute atomic E-state index is 13.1. The summed E-state index contributed by atoms with van der Waals surface area (Å²) < 4.78 is 33.4. The number of anilines is 2. The summed E-state index contributed by atoms with van der Waals surface area (Å²) in [5, 5.41) is 25.8. The van der Waals surface area contributed by atoms with Crippen molar-refractivity contribution >= 4 is 56.7 Å². The third kappa shape index (κ3) is 5.60. The van der Waals surface area contributed by atoms with E-state index in [1.807, 2.05) is 0 Å². The molecule has 38 heavy (non-hydrogen) atoms. The maximum Gasteiger partial charge on any atom is 0.272 e. The zero-order valence-corrected chi connectivity index (χ0v) is 21.6. The van der Waals surface area contributed by atoms with Crippen LogP contribution in [0.4, 0.5) is 11.8 Å². The summed E-state index contributed by atoms with van der Waals surface area (Å²) in [5.41, 5.74) is -0.0258. The van der Waals surface area contributed by atoms with Crippen molar-refractivity contribution in [1.82, 2.24) is 15.1 Å². The Morgan fingerprint density at radius 2 is 1.76 bits per heavy atom. The maximum atomic E-state index is 13.1. The quantitative estimate of drug-likeness (QED) is 0.120. The summed E-state index contributed by atoms with van der Waals surface area (Å²) in [5.74, 6) is -2.27. The van der Waals surface area contributed by atoms with E-state index in [9.17, 15) is 23.6 Å². The molecule has 0 saturated carbocycles. The summed E-state index contributed by atoms with van der Waals surface area (Å²) >= 11 is 12.3. The molecule has 192 valence electrons. The molecule has 14 heteroatoms. The lowest BCUT2D eigenvalue weighted by molar-refractivity contribution is -0.112. The van der Waals surface area contributed by atoms with Crippen LogP contribution in [0.25, 0.3) is 16.9 Å². The van der Waals surface area contributed by atoms with Crippen LogP contribution in [0.5, 0.6) is 0 Å². The molecule has 3 N–H and O–H groups in total. The van der Waals surface area contributed by atoms with Gasteiger partial charge in [0, 0.05) is 5.02 Å². The summed E-state index contributed by atoms with van der Waals surface area (Å²) in [6.45, 7) is 1.48.